The van der Waals surface area contributed by atoms with Gasteiger partial charge in [0.25, 0.3) is 0 Å². The molecule has 0 saturated heterocycles. The van der Waals surface area contributed by atoms with Crippen LogP contribution in [0.4, 0.5) is 0 Å². The summed E-state index contributed by atoms with van der Waals surface area (Å²) >= 11 is 0. The van der Waals surface area contributed by atoms with Crippen molar-refractivity contribution in [2.75, 3.05) is 0 Å². The molecule has 0 spiro atoms. The largest absolute Gasteiger partial charge is 0.392 e. The van der Waals surface area contributed by atoms with Crippen molar-refractivity contribution in [3.8, 4) is 0 Å². The van der Waals surface area contributed by atoms with Gasteiger partial charge < -0.3 is 30.6 Å². The van der Waals surface area contributed by atoms with Gasteiger partial charge in [-0.3, -0.25) is 4.79 Å². The highest BCUT2D eigenvalue weighted by Gasteiger charge is 2.71. The first kappa shape index (κ1) is 26.0. The molecule has 0 aliphatic heterocycles. The molecule has 11 atom stereocenters. The summed E-state index contributed by atoms with van der Waals surface area (Å²) in [6.45, 7) is 9.19. The molecule has 34 heavy (non-hydrogen) atoms. The van der Waals surface area contributed by atoms with Crippen molar-refractivity contribution < 1.29 is 35.4 Å². The first-order valence-electron chi connectivity index (χ1n) is 12.7. The average Bonchev–Trinajstić information content (AvgIpc) is 2.99. The molecule has 6 N–H and O–H groups in total. The number of fused-ring (bicyclic) bond motifs is 5. The molecule has 7 nitrogen and oxygen atoms in total. The van der Waals surface area contributed by atoms with Crippen LogP contribution in [0.15, 0.2) is 23.3 Å². The number of carbonyl (C=O) groups is 1. The predicted molar refractivity (Wildman–Crippen MR) is 127 cm³/mol. The maximum Gasteiger partial charge on any atom is 0.159 e. The highest BCUT2D eigenvalue weighted by molar-refractivity contribution is 5.95. The van der Waals surface area contributed by atoms with Crippen LogP contribution in [0.1, 0.15) is 73.1 Å². The Bertz CT molecular complexity index is 905. The molecule has 192 valence electrons. The highest BCUT2D eigenvalue weighted by atomic mass is 16.3. The zero-order valence-electron chi connectivity index (χ0n) is 21.0. The number of hydrogen-bond donors (Lipinski definition) is 6. The smallest absolute Gasteiger partial charge is 0.159 e. The Kier molecular flexibility index (Phi) is 6.28. The second-order valence-corrected chi connectivity index (χ2v) is 12.5. The zero-order valence-corrected chi connectivity index (χ0v) is 21.0. The van der Waals surface area contributed by atoms with E-state index in [0.29, 0.717) is 18.4 Å². The molecule has 0 heterocycles. The lowest BCUT2D eigenvalue weighted by atomic mass is 9.45. The first-order valence-corrected chi connectivity index (χ1v) is 12.7. The molecule has 4 rings (SSSR count). The quantitative estimate of drug-likeness (QED) is 0.338. The van der Waals surface area contributed by atoms with Crippen molar-refractivity contribution >= 4 is 5.78 Å². The minimum Gasteiger partial charge on any atom is -0.392 e. The molecule has 0 bridgehead atoms. The van der Waals surface area contributed by atoms with Gasteiger partial charge in [-0.05, 0) is 82.3 Å². The molecule has 3 saturated carbocycles. The van der Waals surface area contributed by atoms with E-state index in [2.05, 4.69) is 0 Å². The van der Waals surface area contributed by atoms with Gasteiger partial charge in [0.2, 0.25) is 0 Å². The minimum atomic E-state index is -1.51. The number of hydrogen-bond acceptors (Lipinski definition) is 7. The molecule has 0 radical (unpaired) electrons. The van der Waals surface area contributed by atoms with E-state index in [9.17, 15) is 35.4 Å². The van der Waals surface area contributed by atoms with Crippen LogP contribution >= 0.6 is 0 Å². The van der Waals surface area contributed by atoms with Gasteiger partial charge in [-0.25, -0.2) is 0 Å². The van der Waals surface area contributed by atoms with Crippen LogP contribution in [0.5, 0.6) is 0 Å². The van der Waals surface area contributed by atoms with Gasteiger partial charge in [0, 0.05) is 17.3 Å². The van der Waals surface area contributed by atoms with Crippen LogP contribution in [0.3, 0.4) is 0 Å². The fourth-order valence-corrected chi connectivity index (χ4v) is 8.24. The van der Waals surface area contributed by atoms with Crippen molar-refractivity contribution in [2.24, 2.45) is 28.6 Å². The topological polar surface area (TPSA) is 138 Å². The third kappa shape index (κ3) is 3.50. The van der Waals surface area contributed by atoms with E-state index in [1.807, 2.05) is 33.8 Å². The SMILES string of the molecule is CC(C)=CCC(O)C(C)(O)C1CCC2(O)C3=CC(=O)C4CC(O)C(O)CC4(C)C3C(O)CC12C. The second-order valence-electron chi connectivity index (χ2n) is 12.5. The summed E-state index contributed by atoms with van der Waals surface area (Å²) in [5, 5.41) is 66.8. The Morgan fingerprint density at radius 3 is 2.44 bits per heavy atom. The Morgan fingerprint density at radius 2 is 1.82 bits per heavy atom. The molecule has 0 aromatic rings. The summed E-state index contributed by atoms with van der Waals surface area (Å²) in [5.41, 5.74) is -3.16. The third-order valence-electron chi connectivity index (χ3n) is 10.2. The van der Waals surface area contributed by atoms with Gasteiger partial charge >= 0.3 is 0 Å². The van der Waals surface area contributed by atoms with Crippen LogP contribution in [0.25, 0.3) is 0 Å². The molecule has 4 aliphatic rings. The molecular weight excluding hydrogens is 436 g/mol. The number of ketones is 1. The summed E-state index contributed by atoms with van der Waals surface area (Å²) in [5.74, 6) is -1.76. The van der Waals surface area contributed by atoms with E-state index < -0.39 is 64.2 Å². The number of allylic oxidation sites excluding steroid dienone is 2. The van der Waals surface area contributed by atoms with Gasteiger partial charge in [0.1, 0.15) is 0 Å². The molecular formula is C27H42O7. The normalized spacial score (nSPS) is 48.7. The molecule has 0 aromatic carbocycles. The van der Waals surface area contributed by atoms with E-state index in [1.54, 1.807) is 6.92 Å². The first-order chi connectivity index (χ1) is 15.6. The minimum absolute atomic E-state index is 0.132. The van der Waals surface area contributed by atoms with Crippen LogP contribution in [-0.2, 0) is 4.79 Å². The van der Waals surface area contributed by atoms with Gasteiger partial charge in [0.05, 0.1) is 35.6 Å². The number of aliphatic hydroxyl groups is 6. The third-order valence-corrected chi connectivity index (χ3v) is 10.2. The second kappa shape index (κ2) is 8.22. The van der Waals surface area contributed by atoms with E-state index in [0.717, 1.165) is 5.57 Å². The van der Waals surface area contributed by atoms with Crippen molar-refractivity contribution in [3.63, 3.8) is 0 Å². The number of aliphatic hydroxyl groups excluding tert-OH is 4. The fourth-order valence-electron chi connectivity index (χ4n) is 8.24. The maximum absolute atomic E-state index is 13.3. The summed E-state index contributed by atoms with van der Waals surface area (Å²) in [4.78, 5) is 13.3. The van der Waals surface area contributed by atoms with Crippen LogP contribution in [0.2, 0.25) is 0 Å². The lowest BCUT2D eigenvalue weighted by Crippen LogP contribution is -2.66. The highest BCUT2D eigenvalue weighted by Crippen LogP contribution is 2.68. The molecule has 4 aliphatic carbocycles. The van der Waals surface area contributed by atoms with Gasteiger partial charge in [-0.15, -0.1) is 0 Å². The van der Waals surface area contributed by atoms with Crippen LogP contribution < -0.4 is 0 Å². The zero-order chi connectivity index (χ0) is 25.4. The lowest BCUT2D eigenvalue weighted by molar-refractivity contribution is -0.195. The summed E-state index contributed by atoms with van der Waals surface area (Å²) in [6.07, 6.45) is 0.970. The molecule has 11 unspecified atom stereocenters. The van der Waals surface area contributed by atoms with Crippen LogP contribution in [0, 0.1) is 28.6 Å². The van der Waals surface area contributed by atoms with Crippen molar-refractivity contribution in [1.29, 1.82) is 0 Å². The average molecular weight is 479 g/mol. The predicted octanol–water partition coefficient (Wildman–Crippen LogP) is 1.63. The van der Waals surface area contributed by atoms with Gasteiger partial charge in [-0.1, -0.05) is 25.5 Å². The monoisotopic (exact) mass is 478 g/mol. The van der Waals surface area contributed by atoms with Crippen LogP contribution in [-0.4, -0.2) is 72.0 Å². The lowest BCUT2D eigenvalue weighted by Gasteiger charge is -2.62. The Balaban J connectivity index is 1.75. The van der Waals surface area contributed by atoms with Gasteiger partial charge in [0.15, 0.2) is 5.78 Å². The van der Waals surface area contributed by atoms with E-state index in [4.69, 9.17) is 0 Å². The Morgan fingerprint density at radius 1 is 1.18 bits per heavy atom. The van der Waals surface area contributed by atoms with E-state index in [1.165, 1.54) is 6.08 Å². The van der Waals surface area contributed by atoms with Crippen molar-refractivity contribution in [1.82, 2.24) is 0 Å². The van der Waals surface area contributed by atoms with Crippen molar-refractivity contribution in [3.05, 3.63) is 23.3 Å². The fraction of sp³-hybridized carbons (Fsp3) is 0.815. The van der Waals surface area contributed by atoms with E-state index >= 15 is 0 Å². The maximum atomic E-state index is 13.3. The molecule has 0 amide bonds. The Labute approximate surface area is 202 Å². The number of carbonyl (C=O) groups excluding carboxylic acids is 1. The Hall–Kier alpha value is -1.09. The summed E-state index contributed by atoms with van der Waals surface area (Å²) in [6, 6.07) is 0. The summed E-state index contributed by atoms with van der Waals surface area (Å²) < 4.78 is 0. The molecule has 3 fully saturated rings. The van der Waals surface area contributed by atoms with Gasteiger partial charge in [-0.2, -0.15) is 0 Å². The standard InChI is InChI=1S/C27H42O7/c1-14(2)6-7-22(32)26(5,33)21-8-9-27(34)16-11-17(28)15-10-18(29)19(30)12-24(15,3)23(16)20(31)13-25(21,27)4/h6,11,15,18-23,29-34H,7-10,12-13H2,1-5H3. The number of rotatable bonds is 4. The molecule has 7 heteroatoms. The molecule has 0 aromatic heterocycles. The van der Waals surface area contributed by atoms with E-state index in [-0.39, 0.29) is 31.5 Å². The summed E-state index contributed by atoms with van der Waals surface area (Å²) in [7, 11) is 0. The van der Waals surface area contributed by atoms with Crippen molar-refractivity contribution in [2.45, 2.75) is 109 Å².